The molecule has 0 aliphatic heterocycles. The average molecular weight is 238 g/mol. The lowest BCUT2D eigenvalue weighted by Crippen LogP contribution is -2.29. The number of hydrogen-bond acceptors (Lipinski definition) is 5. The topological polar surface area (TPSA) is 50.3 Å². The van der Waals surface area contributed by atoms with Gasteiger partial charge in [0.2, 0.25) is 0 Å². The summed E-state index contributed by atoms with van der Waals surface area (Å²) in [5, 5.41) is 3.10. The molecular formula is C12H22N4O. The fraction of sp³-hybridized carbons (Fsp3) is 0.667. The molecule has 0 atom stereocenters. The van der Waals surface area contributed by atoms with E-state index in [0.29, 0.717) is 6.61 Å². The maximum atomic E-state index is 5.12. The van der Waals surface area contributed by atoms with Crippen LogP contribution in [-0.4, -0.2) is 43.8 Å². The molecule has 1 rings (SSSR count). The summed E-state index contributed by atoms with van der Waals surface area (Å²) in [5.74, 6) is 2.66. The molecule has 0 aliphatic rings. The molecule has 0 unspecified atom stereocenters. The Morgan fingerprint density at radius 3 is 2.53 bits per heavy atom. The zero-order valence-electron chi connectivity index (χ0n) is 11.4. The normalized spacial score (nSPS) is 10.4. The van der Waals surface area contributed by atoms with Gasteiger partial charge < -0.3 is 15.0 Å². The largest absolute Gasteiger partial charge is 0.383 e. The van der Waals surface area contributed by atoms with E-state index in [0.717, 1.165) is 36.1 Å². The van der Waals surface area contributed by atoms with Crippen LogP contribution in [0.3, 0.4) is 0 Å². The van der Waals surface area contributed by atoms with E-state index in [4.69, 9.17) is 4.74 Å². The van der Waals surface area contributed by atoms with E-state index >= 15 is 0 Å². The average Bonchev–Trinajstić information content (AvgIpc) is 2.33. The zero-order chi connectivity index (χ0) is 12.8. The van der Waals surface area contributed by atoms with Crippen LogP contribution in [0.25, 0.3) is 0 Å². The Kier molecular flexibility index (Phi) is 5.15. The van der Waals surface area contributed by atoms with Gasteiger partial charge in [0.1, 0.15) is 17.5 Å². The highest BCUT2D eigenvalue weighted by atomic mass is 16.5. The molecule has 1 aromatic rings. The van der Waals surface area contributed by atoms with Gasteiger partial charge in [-0.2, -0.15) is 0 Å². The molecule has 0 aliphatic carbocycles. The van der Waals surface area contributed by atoms with Crippen molar-refractivity contribution in [2.24, 2.45) is 0 Å². The third-order valence-electron chi connectivity index (χ3n) is 2.72. The Morgan fingerprint density at radius 1 is 1.29 bits per heavy atom. The summed E-state index contributed by atoms with van der Waals surface area (Å²) < 4.78 is 5.12. The van der Waals surface area contributed by atoms with Gasteiger partial charge in [-0.1, -0.05) is 0 Å². The maximum absolute atomic E-state index is 5.12. The number of hydrogen-bond donors (Lipinski definition) is 1. The molecule has 1 N–H and O–H groups in total. The van der Waals surface area contributed by atoms with Crippen LogP contribution in [-0.2, 0) is 4.74 Å². The highest BCUT2D eigenvalue weighted by Crippen LogP contribution is 2.22. The van der Waals surface area contributed by atoms with Gasteiger partial charge in [0.05, 0.1) is 6.61 Å². The maximum Gasteiger partial charge on any atom is 0.137 e. The van der Waals surface area contributed by atoms with Gasteiger partial charge in [-0.05, 0) is 20.8 Å². The summed E-state index contributed by atoms with van der Waals surface area (Å²) in [6.45, 7) is 8.51. The Hall–Kier alpha value is -1.36. The molecule has 0 bridgehead atoms. The second kappa shape index (κ2) is 6.39. The van der Waals surface area contributed by atoms with Crippen molar-refractivity contribution in [2.75, 3.05) is 44.1 Å². The number of ether oxygens (including phenoxy) is 1. The molecular weight excluding hydrogens is 216 g/mol. The third-order valence-corrected chi connectivity index (χ3v) is 2.72. The molecule has 17 heavy (non-hydrogen) atoms. The van der Waals surface area contributed by atoms with Crippen molar-refractivity contribution in [3.63, 3.8) is 0 Å². The van der Waals surface area contributed by atoms with Crippen LogP contribution in [0.4, 0.5) is 11.6 Å². The summed E-state index contributed by atoms with van der Waals surface area (Å²) in [4.78, 5) is 11.1. The van der Waals surface area contributed by atoms with Crippen LogP contribution < -0.4 is 10.2 Å². The quantitative estimate of drug-likeness (QED) is 0.816. The molecule has 0 saturated carbocycles. The molecule has 96 valence electrons. The first-order chi connectivity index (χ1) is 8.13. The minimum absolute atomic E-state index is 0.700. The number of anilines is 2. The fourth-order valence-electron chi connectivity index (χ4n) is 1.78. The molecule has 0 amide bonds. The molecule has 0 saturated heterocycles. The number of rotatable bonds is 6. The van der Waals surface area contributed by atoms with E-state index in [-0.39, 0.29) is 0 Å². The molecule has 0 spiro atoms. The summed E-state index contributed by atoms with van der Waals surface area (Å²) in [6, 6.07) is 0. The first-order valence-electron chi connectivity index (χ1n) is 5.90. The molecule has 1 aromatic heterocycles. The minimum atomic E-state index is 0.700. The summed E-state index contributed by atoms with van der Waals surface area (Å²) >= 11 is 0. The second-order valence-corrected chi connectivity index (χ2v) is 3.89. The van der Waals surface area contributed by atoms with Crippen LogP contribution in [0, 0.1) is 13.8 Å². The van der Waals surface area contributed by atoms with Crippen molar-refractivity contribution in [3.05, 3.63) is 11.4 Å². The third kappa shape index (κ3) is 3.30. The predicted octanol–water partition coefficient (Wildman–Crippen LogP) is 1.61. The van der Waals surface area contributed by atoms with E-state index in [1.54, 1.807) is 7.11 Å². The fourth-order valence-corrected chi connectivity index (χ4v) is 1.78. The Bertz CT molecular complexity index is 368. The van der Waals surface area contributed by atoms with Gasteiger partial charge in [-0.3, -0.25) is 0 Å². The van der Waals surface area contributed by atoms with Crippen molar-refractivity contribution >= 4 is 11.6 Å². The monoisotopic (exact) mass is 238 g/mol. The Morgan fingerprint density at radius 2 is 2.00 bits per heavy atom. The van der Waals surface area contributed by atoms with Crippen molar-refractivity contribution in [1.82, 2.24) is 9.97 Å². The van der Waals surface area contributed by atoms with Gasteiger partial charge in [-0.25, -0.2) is 9.97 Å². The molecule has 5 heteroatoms. The summed E-state index contributed by atoms with van der Waals surface area (Å²) in [7, 11) is 3.59. The second-order valence-electron chi connectivity index (χ2n) is 3.89. The Labute approximate surface area is 103 Å². The van der Waals surface area contributed by atoms with Crippen molar-refractivity contribution in [2.45, 2.75) is 20.8 Å². The van der Waals surface area contributed by atoms with Crippen molar-refractivity contribution in [1.29, 1.82) is 0 Å². The number of likely N-dealkylation sites (N-methyl/N-ethyl adjacent to an activating group) is 1. The van der Waals surface area contributed by atoms with Crippen LogP contribution in [0.1, 0.15) is 18.3 Å². The Balaban J connectivity index is 3.05. The number of nitrogens with zero attached hydrogens (tertiary/aromatic N) is 3. The number of methoxy groups -OCH3 is 1. The molecule has 5 nitrogen and oxygen atoms in total. The summed E-state index contributed by atoms with van der Waals surface area (Å²) in [6.07, 6.45) is 0. The smallest absolute Gasteiger partial charge is 0.137 e. The van der Waals surface area contributed by atoms with E-state index in [2.05, 4.69) is 27.1 Å². The van der Waals surface area contributed by atoms with Crippen LogP contribution in [0.2, 0.25) is 0 Å². The van der Waals surface area contributed by atoms with E-state index in [9.17, 15) is 0 Å². The first-order valence-corrected chi connectivity index (χ1v) is 5.90. The van der Waals surface area contributed by atoms with Gasteiger partial charge >= 0.3 is 0 Å². The molecule has 0 aromatic carbocycles. The molecule has 0 radical (unpaired) electrons. The molecule has 1 heterocycles. The predicted molar refractivity (Wildman–Crippen MR) is 70.8 cm³/mol. The minimum Gasteiger partial charge on any atom is -0.383 e. The number of nitrogens with one attached hydrogen (secondary N) is 1. The highest BCUT2D eigenvalue weighted by Gasteiger charge is 2.13. The lowest BCUT2D eigenvalue weighted by molar-refractivity contribution is 0.205. The van der Waals surface area contributed by atoms with Gasteiger partial charge in [0.25, 0.3) is 0 Å². The van der Waals surface area contributed by atoms with Gasteiger partial charge in [-0.15, -0.1) is 0 Å². The zero-order valence-corrected chi connectivity index (χ0v) is 11.4. The van der Waals surface area contributed by atoms with Gasteiger partial charge in [0, 0.05) is 32.8 Å². The molecule has 0 fully saturated rings. The standard InChI is InChI=1S/C12H22N4O/c1-6-16(7-8-17-5)12-9(2)11(13-4)14-10(3)15-12/h6-8H2,1-5H3,(H,13,14,15). The SMILES string of the molecule is CCN(CCOC)c1nc(C)nc(NC)c1C. The van der Waals surface area contributed by atoms with E-state index in [1.165, 1.54) is 0 Å². The lowest BCUT2D eigenvalue weighted by atomic mass is 10.2. The first kappa shape index (κ1) is 13.7. The van der Waals surface area contributed by atoms with Crippen LogP contribution >= 0.6 is 0 Å². The van der Waals surface area contributed by atoms with Crippen molar-refractivity contribution in [3.8, 4) is 0 Å². The number of aromatic nitrogens is 2. The van der Waals surface area contributed by atoms with Crippen molar-refractivity contribution < 1.29 is 4.74 Å². The lowest BCUT2D eigenvalue weighted by Gasteiger charge is -2.24. The van der Waals surface area contributed by atoms with Crippen LogP contribution in [0.5, 0.6) is 0 Å². The highest BCUT2D eigenvalue weighted by molar-refractivity contribution is 5.58. The summed E-state index contributed by atoms with van der Waals surface area (Å²) in [5.41, 5.74) is 1.08. The van der Waals surface area contributed by atoms with E-state index < -0.39 is 0 Å². The van der Waals surface area contributed by atoms with Crippen LogP contribution in [0.15, 0.2) is 0 Å². The number of aryl methyl sites for hydroxylation is 1. The van der Waals surface area contributed by atoms with E-state index in [1.807, 2.05) is 20.9 Å². The van der Waals surface area contributed by atoms with Gasteiger partial charge in [0.15, 0.2) is 0 Å².